The van der Waals surface area contributed by atoms with E-state index >= 15 is 0 Å². The Balaban J connectivity index is 1.40. The van der Waals surface area contributed by atoms with Crippen LogP contribution < -0.4 is 5.32 Å². The van der Waals surface area contributed by atoms with Crippen LogP contribution in [-0.4, -0.2) is 27.2 Å². The highest BCUT2D eigenvalue weighted by Crippen LogP contribution is 2.19. The monoisotopic (exact) mass is 346 g/mol. The predicted molar refractivity (Wildman–Crippen MR) is 98.7 cm³/mol. The van der Waals surface area contributed by atoms with Crippen molar-refractivity contribution in [3.8, 4) is 11.5 Å². The molecule has 1 amide bonds. The van der Waals surface area contributed by atoms with Crippen molar-refractivity contribution in [2.24, 2.45) is 7.05 Å². The summed E-state index contributed by atoms with van der Waals surface area (Å²) in [6, 6.07) is 17.4. The number of benzene rings is 2. The third kappa shape index (κ3) is 3.09. The normalized spacial score (nSPS) is 11.0. The third-order valence-corrected chi connectivity index (χ3v) is 4.21. The summed E-state index contributed by atoms with van der Waals surface area (Å²) in [7, 11) is 1.83. The molecule has 0 saturated carbocycles. The molecule has 0 radical (unpaired) electrons. The first-order valence-corrected chi connectivity index (χ1v) is 8.42. The lowest BCUT2D eigenvalue weighted by molar-refractivity contribution is 0.0950. The number of oxazole rings is 1. The fourth-order valence-corrected chi connectivity index (χ4v) is 2.90. The summed E-state index contributed by atoms with van der Waals surface area (Å²) in [6.45, 7) is 0.463. The Morgan fingerprint density at radius 2 is 1.88 bits per heavy atom. The highest BCUT2D eigenvalue weighted by Gasteiger charge is 2.15. The second kappa shape index (κ2) is 6.84. The first-order valence-electron chi connectivity index (χ1n) is 8.42. The highest BCUT2D eigenvalue weighted by atomic mass is 16.3. The molecule has 0 bridgehead atoms. The molecule has 2 aromatic heterocycles. The minimum absolute atomic E-state index is 0.187. The van der Waals surface area contributed by atoms with Gasteiger partial charge in [0, 0.05) is 31.0 Å². The first-order chi connectivity index (χ1) is 12.7. The predicted octanol–water partition coefficient (Wildman–Crippen LogP) is 3.20. The lowest BCUT2D eigenvalue weighted by Crippen LogP contribution is -2.26. The van der Waals surface area contributed by atoms with Crippen LogP contribution in [0.4, 0.5) is 0 Å². The van der Waals surface area contributed by atoms with Gasteiger partial charge < -0.3 is 9.73 Å². The summed E-state index contributed by atoms with van der Waals surface area (Å²) in [5.41, 5.74) is 3.10. The van der Waals surface area contributed by atoms with Gasteiger partial charge in [-0.2, -0.15) is 5.10 Å². The van der Waals surface area contributed by atoms with Gasteiger partial charge in [0.05, 0.1) is 11.2 Å². The first kappa shape index (κ1) is 16.1. The van der Waals surface area contributed by atoms with E-state index < -0.39 is 0 Å². The van der Waals surface area contributed by atoms with Crippen LogP contribution in [0.15, 0.2) is 65.3 Å². The number of carbonyl (C=O) groups excluding carboxylic acids is 1. The van der Waals surface area contributed by atoms with Gasteiger partial charge in [-0.15, -0.1) is 0 Å². The van der Waals surface area contributed by atoms with Crippen molar-refractivity contribution < 1.29 is 9.21 Å². The molecule has 1 N–H and O–H groups in total. The van der Waals surface area contributed by atoms with Gasteiger partial charge in [0.25, 0.3) is 5.91 Å². The van der Waals surface area contributed by atoms with Gasteiger partial charge in [0.2, 0.25) is 5.89 Å². The number of rotatable bonds is 5. The van der Waals surface area contributed by atoms with E-state index in [1.54, 1.807) is 10.9 Å². The average Bonchev–Trinajstić information content (AvgIpc) is 3.28. The van der Waals surface area contributed by atoms with Crippen molar-refractivity contribution in [1.82, 2.24) is 20.1 Å². The third-order valence-electron chi connectivity index (χ3n) is 4.21. The van der Waals surface area contributed by atoms with Gasteiger partial charge in [-0.25, -0.2) is 4.98 Å². The van der Waals surface area contributed by atoms with Gasteiger partial charge in [-0.05, 0) is 18.2 Å². The topological polar surface area (TPSA) is 73.0 Å². The quantitative estimate of drug-likeness (QED) is 0.602. The average molecular weight is 346 g/mol. The lowest BCUT2D eigenvalue weighted by Gasteiger charge is -2.01. The number of para-hydroxylation sites is 1. The van der Waals surface area contributed by atoms with Crippen molar-refractivity contribution in [3.05, 3.63) is 72.2 Å². The number of hydrogen-bond acceptors (Lipinski definition) is 4. The van der Waals surface area contributed by atoms with Crippen LogP contribution in [0.5, 0.6) is 0 Å². The Morgan fingerprint density at radius 1 is 1.12 bits per heavy atom. The Hall–Kier alpha value is -3.41. The molecular formula is C20H18N4O2. The van der Waals surface area contributed by atoms with Crippen LogP contribution in [0.2, 0.25) is 0 Å². The summed E-state index contributed by atoms with van der Waals surface area (Å²) in [6.07, 6.45) is 2.22. The minimum atomic E-state index is -0.187. The van der Waals surface area contributed by atoms with Crippen LogP contribution in [-0.2, 0) is 13.5 Å². The molecule has 0 fully saturated rings. The standard InChI is InChI=1S/C20H18N4O2/c1-24-17-10-6-5-9-16(17)18(23-24)19(25)21-12-11-15-13-26-20(22-15)14-7-3-2-4-8-14/h2-10,13H,11-12H2,1H3,(H,21,25). The van der Waals surface area contributed by atoms with E-state index in [4.69, 9.17) is 4.42 Å². The molecule has 2 heterocycles. The van der Waals surface area contributed by atoms with Crippen LogP contribution in [0.1, 0.15) is 16.2 Å². The maximum atomic E-state index is 12.5. The molecule has 0 aliphatic carbocycles. The number of aromatic nitrogens is 3. The molecular weight excluding hydrogens is 328 g/mol. The second-order valence-electron chi connectivity index (χ2n) is 6.01. The largest absolute Gasteiger partial charge is 0.444 e. The summed E-state index contributed by atoms with van der Waals surface area (Å²) in [5.74, 6) is 0.399. The zero-order valence-corrected chi connectivity index (χ0v) is 14.3. The van der Waals surface area contributed by atoms with E-state index in [0.717, 1.165) is 22.2 Å². The zero-order chi connectivity index (χ0) is 17.9. The smallest absolute Gasteiger partial charge is 0.272 e. The van der Waals surface area contributed by atoms with E-state index in [2.05, 4.69) is 15.4 Å². The molecule has 130 valence electrons. The lowest BCUT2D eigenvalue weighted by atomic mass is 10.2. The van der Waals surface area contributed by atoms with Crippen molar-refractivity contribution in [3.63, 3.8) is 0 Å². The number of fused-ring (bicyclic) bond motifs is 1. The molecule has 4 rings (SSSR count). The van der Waals surface area contributed by atoms with Crippen LogP contribution >= 0.6 is 0 Å². The molecule has 26 heavy (non-hydrogen) atoms. The van der Waals surface area contributed by atoms with Crippen molar-refractivity contribution in [2.45, 2.75) is 6.42 Å². The van der Waals surface area contributed by atoms with E-state index in [0.29, 0.717) is 24.6 Å². The number of hydrogen-bond donors (Lipinski definition) is 1. The molecule has 0 unspecified atom stereocenters. The fraction of sp³-hybridized carbons (Fsp3) is 0.150. The highest BCUT2D eigenvalue weighted by molar-refractivity contribution is 6.04. The van der Waals surface area contributed by atoms with Gasteiger partial charge >= 0.3 is 0 Å². The summed E-state index contributed by atoms with van der Waals surface area (Å²) < 4.78 is 7.23. The maximum absolute atomic E-state index is 12.5. The minimum Gasteiger partial charge on any atom is -0.444 e. The molecule has 6 nitrogen and oxygen atoms in total. The van der Waals surface area contributed by atoms with Gasteiger partial charge in [-0.1, -0.05) is 36.4 Å². The fourth-order valence-electron chi connectivity index (χ4n) is 2.90. The Bertz CT molecular complexity index is 1050. The molecule has 0 saturated heterocycles. The van der Waals surface area contributed by atoms with E-state index in [1.807, 2.05) is 61.6 Å². The van der Waals surface area contributed by atoms with Crippen molar-refractivity contribution in [1.29, 1.82) is 0 Å². The Kier molecular flexibility index (Phi) is 4.23. The maximum Gasteiger partial charge on any atom is 0.272 e. The summed E-state index contributed by atoms with van der Waals surface area (Å²) >= 11 is 0. The van der Waals surface area contributed by atoms with Gasteiger partial charge in [0.1, 0.15) is 6.26 Å². The molecule has 0 aliphatic rings. The zero-order valence-electron chi connectivity index (χ0n) is 14.3. The Morgan fingerprint density at radius 3 is 2.73 bits per heavy atom. The van der Waals surface area contributed by atoms with Gasteiger partial charge in [0.15, 0.2) is 5.69 Å². The number of aryl methyl sites for hydroxylation is 1. The van der Waals surface area contributed by atoms with E-state index in [-0.39, 0.29) is 5.91 Å². The van der Waals surface area contributed by atoms with Gasteiger partial charge in [-0.3, -0.25) is 9.48 Å². The summed E-state index contributed by atoms with van der Waals surface area (Å²) in [4.78, 5) is 16.9. The van der Waals surface area contributed by atoms with Crippen LogP contribution in [0.25, 0.3) is 22.4 Å². The van der Waals surface area contributed by atoms with E-state index in [1.165, 1.54) is 0 Å². The van der Waals surface area contributed by atoms with Crippen LogP contribution in [0, 0.1) is 0 Å². The molecule has 6 heteroatoms. The molecule has 4 aromatic rings. The van der Waals surface area contributed by atoms with Crippen molar-refractivity contribution >= 4 is 16.8 Å². The summed E-state index contributed by atoms with van der Waals surface area (Å²) in [5, 5.41) is 8.08. The van der Waals surface area contributed by atoms with Crippen LogP contribution in [0.3, 0.4) is 0 Å². The number of nitrogens with zero attached hydrogens (tertiary/aromatic N) is 3. The Labute approximate surface area is 150 Å². The number of carbonyl (C=O) groups is 1. The van der Waals surface area contributed by atoms with E-state index in [9.17, 15) is 4.79 Å². The number of amides is 1. The number of nitrogens with one attached hydrogen (secondary N) is 1. The molecule has 0 aliphatic heterocycles. The SMILES string of the molecule is Cn1nc(C(=O)NCCc2coc(-c3ccccc3)n2)c2ccccc21. The molecule has 0 spiro atoms. The van der Waals surface area contributed by atoms with Crippen molar-refractivity contribution in [2.75, 3.05) is 6.54 Å². The second-order valence-corrected chi connectivity index (χ2v) is 6.01. The molecule has 0 atom stereocenters. The molecule has 2 aromatic carbocycles.